The number of hydrogen-bond acceptors (Lipinski definition) is 4. The normalized spacial score (nSPS) is 49.2. The van der Waals surface area contributed by atoms with Gasteiger partial charge in [0.25, 0.3) is 0 Å². The number of rotatable bonds is 3. The fourth-order valence-electron chi connectivity index (χ4n) is 8.11. The van der Waals surface area contributed by atoms with E-state index in [0.717, 1.165) is 38.5 Å². The van der Waals surface area contributed by atoms with Gasteiger partial charge in [-0.2, -0.15) is 15.0 Å². The molecule has 1 heterocycles. The molecule has 0 bridgehead atoms. The number of ketones is 1. The zero-order valence-electron chi connectivity index (χ0n) is 17.6. The van der Waals surface area contributed by atoms with Crippen LogP contribution in [0.4, 0.5) is 4.39 Å². The molecule has 1 N–H and O–H groups in total. The number of aromatic nitrogens is 3. The van der Waals surface area contributed by atoms with E-state index in [1.165, 1.54) is 4.80 Å². The minimum absolute atomic E-state index is 0.0158. The SMILES string of the molecule is C[C@@]1(O)CC[C@@H]2[C@H]3CC[C@]4(C)[C@@H](C(=O)Cn5nccn5)CC[C@H]4[C@@H]3C[C@@H](F)[C@H]2C1. The van der Waals surface area contributed by atoms with E-state index in [4.69, 9.17) is 0 Å². The number of aliphatic hydroxyl groups is 1. The van der Waals surface area contributed by atoms with Crippen molar-refractivity contribution in [3.63, 3.8) is 0 Å². The first-order valence-corrected chi connectivity index (χ1v) is 11.5. The highest BCUT2D eigenvalue weighted by Gasteiger charge is 2.60. The first kappa shape index (κ1) is 19.7. The Bertz CT molecular complexity index is 766. The van der Waals surface area contributed by atoms with Crippen LogP contribution < -0.4 is 0 Å². The van der Waals surface area contributed by atoms with E-state index in [1.807, 2.05) is 6.92 Å². The summed E-state index contributed by atoms with van der Waals surface area (Å²) in [6.07, 6.45) is 9.55. The van der Waals surface area contributed by atoms with E-state index in [2.05, 4.69) is 17.1 Å². The van der Waals surface area contributed by atoms with Crippen molar-refractivity contribution in [2.24, 2.45) is 40.9 Å². The number of nitrogens with zero attached hydrogens (tertiary/aromatic N) is 3. The summed E-state index contributed by atoms with van der Waals surface area (Å²) < 4.78 is 15.3. The molecule has 4 aliphatic rings. The van der Waals surface area contributed by atoms with Crippen LogP contribution in [-0.2, 0) is 11.3 Å². The summed E-state index contributed by atoms with van der Waals surface area (Å²) in [4.78, 5) is 14.6. The van der Waals surface area contributed by atoms with E-state index in [9.17, 15) is 9.90 Å². The summed E-state index contributed by atoms with van der Waals surface area (Å²) in [7, 11) is 0. The van der Waals surface area contributed by atoms with Gasteiger partial charge < -0.3 is 5.11 Å². The zero-order chi connectivity index (χ0) is 20.4. The first-order valence-electron chi connectivity index (χ1n) is 11.5. The molecule has 160 valence electrons. The van der Waals surface area contributed by atoms with Gasteiger partial charge in [-0.1, -0.05) is 6.92 Å². The van der Waals surface area contributed by atoms with Crippen molar-refractivity contribution in [1.29, 1.82) is 0 Å². The second kappa shape index (κ2) is 6.86. The number of halogens is 1. The molecule has 4 saturated carbocycles. The van der Waals surface area contributed by atoms with E-state index in [1.54, 1.807) is 12.4 Å². The molecule has 5 nitrogen and oxygen atoms in total. The Morgan fingerprint density at radius 1 is 1.07 bits per heavy atom. The predicted octanol–water partition coefficient (Wildman–Crippen LogP) is 3.82. The van der Waals surface area contributed by atoms with E-state index < -0.39 is 11.8 Å². The van der Waals surface area contributed by atoms with Crippen LogP contribution >= 0.6 is 0 Å². The van der Waals surface area contributed by atoms with Gasteiger partial charge in [-0.25, -0.2) is 4.39 Å². The van der Waals surface area contributed by atoms with Crippen LogP contribution in [0.1, 0.15) is 65.2 Å². The van der Waals surface area contributed by atoms with Crippen LogP contribution in [0.3, 0.4) is 0 Å². The van der Waals surface area contributed by atoms with Gasteiger partial charge in [-0.15, -0.1) is 0 Å². The average Bonchev–Trinajstić information content (AvgIpc) is 3.28. The van der Waals surface area contributed by atoms with Gasteiger partial charge in [0.1, 0.15) is 12.7 Å². The van der Waals surface area contributed by atoms with Crippen molar-refractivity contribution in [2.45, 2.75) is 83.5 Å². The second-order valence-corrected chi connectivity index (χ2v) is 11.0. The van der Waals surface area contributed by atoms with Gasteiger partial charge in [0.15, 0.2) is 5.78 Å². The predicted molar refractivity (Wildman–Crippen MR) is 107 cm³/mol. The summed E-state index contributed by atoms with van der Waals surface area (Å²) in [5.41, 5.74) is -0.717. The molecule has 0 radical (unpaired) electrons. The summed E-state index contributed by atoms with van der Waals surface area (Å²) in [6.45, 7) is 4.42. The molecule has 9 atom stereocenters. The molecule has 0 aromatic carbocycles. The monoisotopic (exact) mass is 403 g/mol. The van der Waals surface area contributed by atoms with Crippen LogP contribution in [0.25, 0.3) is 0 Å². The van der Waals surface area contributed by atoms with Crippen LogP contribution in [-0.4, -0.2) is 37.7 Å². The third-order valence-electron chi connectivity index (χ3n) is 9.40. The molecule has 4 aliphatic carbocycles. The third kappa shape index (κ3) is 3.17. The van der Waals surface area contributed by atoms with Crippen LogP contribution in [0, 0.1) is 40.9 Å². The highest BCUT2D eigenvalue weighted by molar-refractivity contribution is 5.81. The smallest absolute Gasteiger partial charge is 0.159 e. The highest BCUT2D eigenvalue weighted by atomic mass is 19.1. The topological polar surface area (TPSA) is 68.0 Å². The number of carbonyl (C=O) groups excluding carboxylic acids is 1. The molecule has 0 spiro atoms. The zero-order valence-corrected chi connectivity index (χ0v) is 17.6. The second-order valence-electron chi connectivity index (χ2n) is 11.0. The van der Waals surface area contributed by atoms with Crippen LogP contribution in [0.15, 0.2) is 12.4 Å². The Morgan fingerprint density at radius 3 is 2.52 bits per heavy atom. The Labute approximate surface area is 172 Å². The van der Waals surface area contributed by atoms with Crippen LogP contribution in [0.5, 0.6) is 0 Å². The van der Waals surface area contributed by atoms with Gasteiger partial charge >= 0.3 is 0 Å². The largest absolute Gasteiger partial charge is 0.390 e. The van der Waals surface area contributed by atoms with E-state index >= 15 is 4.39 Å². The summed E-state index contributed by atoms with van der Waals surface area (Å²) in [6, 6.07) is 0. The van der Waals surface area contributed by atoms with Gasteiger partial charge in [-0.05, 0) is 93.3 Å². The van der Waals surface area contributed by atoms with Crippen molar-refractivity contribution < 1.29 is 14.3 Å². The number of fused-ring (bicyclic) bond motifs is 5. The molecular formula is C23H34FN3O2. The quantitative estimate of drug-likeness (QED) is 0.833. The number of Topliss-reactive ketones (excluding diaryl/α,β-unsaturated/α-hetero) is 1. The molecule has 4 fully saturated rings. The number of alkyl halides is 1. The van der Waals surface area contributed by atoms with Crippen molar-refractivity contribution in [2.75, 3.05) is 0 Å². The van der Waals surface area contributed by atoms with E-state index in [-0.39, 0.29) is 29.6 Å². The fourth-order valence-corrected chi connectivity index (χ4v) is 8.11. The minimum Gasteiger partial charge on any atom is -0.390 e. The van der Waals surface area contributed by atoms with Crippen molar-refractivity contribution in [3.05, 3.63) is 12.4 Å². The maximum atomic E-state index is 15.3. The Kier molecular flexibility index (Phi) is 4.65. The molecule has 29 heavy (non-hydrogen) atoms. The molecular weight excluding hydrogens is 369 g/mol. The van der Waals surface area contributed by atoms with Gasteiger partial charge in [0, 0.05) is 5.92 Å². The molecule has 1 aromatic heterocycles. The number of carbonyl (C=O) groups is 1. The lowest BCUT2D eigenvalue weighted by molar-refractivity contribution is -0.139. The lowest BCUT2D eigenvalue weighted by Crippen LogP contribution is -2.54. The molecule has 0 unspecified atom stereocenters. The van der Waals surface area contributed by atoms with Gasteiger partial charge in [-0.3, -0.25) is 4.79 Å². The maximum absolute atomic E-state index is 15.3. The number of hydrogen-bond donors (Lipinski definition) is 1. The lowest BCUT2D eigenvalue weighted by atomic mass is 9.48. The Morgan fingerprint density at radius 2 is 1.76 bits per heavy atom. The molecule has 6 heteroatoms. The van der Waals surface area contributed by atoms with E-state index in [0.29, 0.717) is 36.5 Å². The standard InChI is InChI=1S/C23H34FN3O2/c1-22(29)7-5-15-14-6-8-23(2)18(16(14)11-20(24)17(15)12-22)3-4-19(23)21(28)13-27-25-9-10-26-27/h9-10,14-20,29H,3-8,11-13H2,1-2H3/t14-,15-,16-,17+,18+,19-,20-,22-,23+/m1/s1. The third-order valence-corrected chi connectivity index (χ3v) is 9.40. The summed E-state index contributed by atoms with van der Waals surface area (Å²) in [5, 5.41) is 18.7. The minimum atomic E-state index is -0.807. The average molecular weight is 404 g/mol. The molecule has 5 rings (SSSR count). The lowest BCUT2D eigenvalue weighted by Gasteiger charge is -2.57. The first-order chi connectivity index (χ1) is 13.8. The fraction of sp³-hybridized carbons (Fsp3) is 0.870. The van der Waals surface area contributed by atoms with Gasteiger partial charge in [0.2, 0.25) is 0 Å². The van der Waals surface area contributed by atoms with Crippen LogP contribution in [0.2, 0.25) is 0 Å². The van der Waals surface area contributed by atoms with Crippen molar-refractivity contribution in [3.8, 4) is 0 Å². The van der Waals surface area contributed by atoms with Gasteiger partial charge in [0.05, 0.1) is 18.0 Å². The molecule has 0 aliphatic heterocycles. The molecule has 1 aromatic rings. The highest BCUT2D eigenvalue weighted by Crippen LogP contribution is 2.65. The molecule has 0 amide bonds. The summed E-state index contributed by atoms with van der Waals surface area (Å²) in [5.74, 6) is 2.13. The van der Waals surface area contributed by atoms with Crippen molar-refractivity contribution >= 4 is 5.78 Å². The van der Waals surface area contributed by atoms with Crippen molar-refractivity contribution in [1.82, 2.24) is 15.0 Å². The Balaban J connectivity index is 1.35. The Hall–Kier alpha value is -1.30. The summed E-state index contributed by atoms with van der Waals surface area (Å²) >= 11 is 0. The molecule has 0 saturated heterocycles. The maximum Gasteiger partial charge on any atom is 0.159 e.